The van der Waals surface area contributed by atoms with E-state index in [1.807, 2.05) is 24.3 Å². The van der Waals surface area contributed by atoms with Gasteiger partial charge in [0, 0.05) is 19.1 Å². The summed E-state index contributed by atoms with van der Waals surface area (Å²) in [6, 6.07) is 7.77. The number of hydrogen-bond acceptors (Lipinski definition) is 3. The third-order valence-corrected chi connectivity index (χ3v) is 5.59. The third-order valence-electron chi connectivity index (χ3n) is 3.72. The van der Waals surface area contributed by atoms with E-state index in [1.54, 1.807) is 4.31 Å². The maximum absolute atomic E-state index is 12.6. The van der Waals surface area contributed by atoms with Crippen molar-refractivity contribution in [3.05, 3.63) is 35.4 Å². The largest absolute Gasteiger partial charge is 0.326 e. The van der Waals surface area contributed by atoms with Crippen LogP contribution in [0.1, 0.15) is 43.7 Å². The van der Waals surface area contributed by atoms with Crippen molar-refractivity contribution in [2.75, 3.05) is 6.54 Å². The van der Waals surface area contributed by atoms with Gasteiger partial charge >= 0.3 is 0 Å². The molecule has 1 saturated carbocycles. The summed E-state index contributed by atoms with van der Waals surface area (Å²) in [5.74, 6) is 0.0700. The molecule has 0 radical (unpaired) electrons. The van der Waals surface area contributed by atoms with Gasteiger partial charge in [-0.2, -0.15) is 4.31 Å². The van der Waals surface area contributed by atoms with Gasteiger partial charge in [-0.15, -0.1) is 0 Å². The van der Waals surface area contributed by atoms with Gasteiger partial charge in [0.25, 0.3) is 0 Å². The Hall–Kier alpha value is -0.910. The normalized spacial score (nSPS) is 15.8. The van der Waals surface area contributed by atoms with Crippen LogP contribution in [0.3, 0.4) is 0 Å². The van der Waals surface area contributed by atoms with E-state index in [1.165, 1.54) is 0 Å². The van der Waals surface area contributed by atoms with E-state index in [0.29, 0.717) is 13.1 Å². The molecule has 0 aliphatic heterocycles. The zero-order valence-corrected chi connectivity index (χ0v) is 12.9. The number of benzene rings is 1. The van der Waals surface area contributed by atoms with E-state index in [9.17, 15) is 8.42 Å². The molecule has 1 aliphatic carbocycles. The molecule has 0 spiro atoms. The fourth-order valence-corrected chi connectivity index (χ4v) is 4.31. The Bertz CT molecular complexity index is 539. The SMILES string of the molecule is CCCCN(C1CC1)S(=O)(=O)Cc1ccccc1CN. The number of sulfonamides is 1. The van der Waals surface area contributed by atoms with Gasteiger partial charge in [0.2, 0.25) is 10.0 Å². The zero-order chi connectivity index (χ0) is 14.6. The fourth-order valence-electron chi connectivity index (χ4n) is 2.40. The van der Waals surface area contributed by atoms with E-state index in [0.717, 1.165) is 36.8 Å². The molecule has 0 heterocycles. The summed E-state index contributed by atoms with van der Waals surface area (Å²) >= 11 is 0. The first-order valence-electron chi connectivity index (χ1n) is 7.35. The number of rotatable bonds is 8. The minimum absolute atomic E-state index is 0.0700. The summed E-state index contributed by atoms with van der Waals surface area (Å²) in [4.78, 5) is 0. The first-order valence-corrected chi connectivity index (χ1v) is 8.95. The predicted octanol–water partition coefficient (Wildman–Crippen LogP) is 2.24. The zero-order valence-electron chi connectivity index (χ0n) is 12.1. The summed E-state index contributed by atoms with van der Waals surface area (Å²) in [5.41, 5.74) is 7.44. The van der Waals surface area contributed by atoms with Gasteiger partial charge in [-0.05, 0) is 30.4 Å². The Kier molecular flexibility index (Phi) is 5.18. The number of unbranched alkanes of at least 4 members (excludes halogenated alkanes) is 1. The van der Waals surface area contributed by atoms with Crippen LogP contribution in [-0.2, 0) is 22.3 Å². The van der Waals surface area contributed by atoms with Gasteiger partial charge in [-0.1, -0.05) is 37.6 Å². The van der Waals surface area contributed by atoms with Crippen molar-refractivity contribution in [3.8, 4) is 0 Å². The Morgan fingerprint density at radius 1 is 1.25 bits per heavy atom. The van der Waals surface area contributed by atoms with Gasteiger partial charge in [0.15, 0.2) is 0 Å². The van der Waals surface area contributed by atoms with Crippen LogP contribution in [0.2, 0.25) is 0 Å². The molecule has 20 heavy (non-hydrogen) atoms. The molecule has 1 aromatic carbocycles. The summed E-state index contributed by atoms with van der Waals surface area (Å²) in [6.07, 6.45) is 3.94. The topological polar surface area (TPSA) is 63.4 Å². The molecule has 1 aromatic rings. The molecule has 0 bridgehead atoms. The Morgan fingerprint density at radius 2 is 1.90 bits per heavy atom. The molecule has 0 amide bonds. The van der Waals surface area contributed by atoms with Crippen LogP contribution in [0.5, 0.6) is 0 Å². The highest BCUT2D eigenvalue weighted by Gasteiger charge is 2.36. The van der Waals surface area contributed by atoms with Crippen LogP contribution in [-0.4, -0.2) is 25.3 Å². The lowest BCUT2D eigenvalue weighted by Gasteiger charge is -2.22. The molecule has 0 unspecified atom stereocenters. The second-order valence-electron chi connectivity index (χ2n) is 5.42. The first kappa shape index (κ1) is 15.5. The number of hydrogen-bond donors (Lipinski definition) is 1. The van der Waals surface area contributed by atoms with E-state index < -0.39 is 10.0 Å². The maximum atomic E-state index is 12.6. The van der Waals surface area contributed by atoms with Crippen LogP contribution in [0.15, 0.2) is 24.3 Å². The van der Waals surface area contributed by atoms with Crippen molar-refractivity contribution >= 4 is 10.0 Å². The lowest BCUT2D eigenvalue weighted by molar-refractivity contribution is 0.395. The first-order chi connectivity index (χ1) is 9.58. The van der Waals surface area contributed by atoms with Gasteiger partial charge in [0.1, 0.15) is 0 Å². The summed E-state index contributed by atoms with van der Waals surface area (Å²) in [6.45, 7) is 3.11. The average Bonchev–Trinajstić information content (AvgIpc) is 3.23. The van der Waals surface area contributed by atoms with E-state index in [4.69, 9.17) is 5.73 Å². The molecule has 2 rings (SSSR count). The number of nitrogens with zero attached hydrogens (tertiary/aromatic N) is 1. The average molecular weight is 296 g/mol. The van der Waals surface area contributed by atoms with Crippen molar-refractivity contribution in [3.63, 3.8) is 0 Å². The highest BCUT2D eigenvalue weighted by molar-refractivity contribution is 7.88. The smallest absolute Gasteiger partial charge is 0.218 e. The lowest BCUT2D eigenvalue weighted by atomic mass is 10.1. The van der Waals surface area contributed by atoms with Gasteiger partial charge in [0.05, 0.1) is 5.75 Å². The summed E-state index contributed by atoms with van der Waals surface area (Å²) in [7, 11) is -3.24. The Balaban J connectivity index is 2.16. The fraction of sp³-hybridized carbons (Fsp3) is 0.600. The monoisotopic (exact) mass is 296 g/mol. The molecule has 1 fully saturated rings. The van der Waals surface area contributed by atoms with Crippen LogP contribution >= 0.6 is 0 Å². The van der Waals surface area contributed by atoms with E-state index in [2.05, 4.69) is 6.92 Å². The minimum atomic E-state index is -3.24. The molecule has 112 valence electrons. The highest BCUT2D eigenvalue weighted by Crippen LogP contribution is 2.31. The van der Waals surface area contributed by atoms with Crippen LogP contribution in [0.25, 0.3) is 0 Å². The predicted molar refractivity (Wildman–Crippen MR) is 81.6 cm³/mol. The second-order valence-corrected chi connectivity index (χ2v) is 7.35. The molecule has 5 heteroatoms. The van der Waals surface area contributed by atoms with Crippen molar-refractivity contribution in [2.45, 2.75) is 50.9 Å². The lowest BCUT2D eigenvalue weighted by Crippen LogP contribution is -2.35. The third kappa shape index (κ3) is 3.81. The summed E-state index contributed by atoms with van der Waals surface area (Å²) < 4.78 is 27.0. The Labute approximate surface area is 122 Å². The molecule has 2 N–H and O–H groups in total. The van der Waals surface area contributed by atoms with Crippen molar-refractivity contribution in [1.29, 1.82) is 0 Å². The van der Waals surface area contributed by atoms with E-state index in [-0.39, 0.29) is 11.8 Å². The quantitative estimate of drug-likeness (QED) is 0.800. The Morgan fingerprint density at radius 3 is 2.45 bits per heavy atom. The summed E-state index contributed by atoms with van der Waals surface area (Å²) in [5, 5.41) is 0. The molecule has 0 saturated heterocycles. The second kappa shape index (κ2) is 6.70. The molecule has 0 aromatic heterocycles. The van der Waals surface area contributed by atoms with Crippen LogP contribution in [0.4, 0.5) is 0 Å². The van der Waals surface area contributed by atoms with E-state index >= 15 is 0 Å². The van der Waals surface area contributed by atoms with Crippen molar-refractivity contribution in [1.82, 2.24) is 4.31 Å². The minimum Gasteiger partial charge on any atom is -0.326 e. The molecule has 4 nitrogen and oxygen atoms in total. The highest BCUT2D eigenvalue weighted by atomic mass is 32.2. The maximum Gasteiger partial charge on any atom is 0.218 e. The molecular formula is C15H24N2O2S. The standard InChI is InChI=1S/C15H24N2O2S/c1-2-3-10-17(15-8-9-15)20(18,19)12-14-7-5-4-6-13(14)11-16/h4-7,15H,2-3,8-12,16H2,1H3. The van der Waals surface area contributed by atoms with Gasteiger partial charge < -0.3 is 5.73 Å². The molecule has 1 aliphatic rings. The number of nitrogens with two attached hydrogens (primary N) is 1. The van der Waals surface area contributed by atoms with Crippen LogP contribution in [0, 0.1) is 0 Å². The molecular weight excluding hydrogens is 272 g/mol. The van der Waals surface area contributed by atoms with Gasteiger partial charge in [-0.3, -0.25) is 0 Å². The van der Waals surface area contributed by atoms with Crippen molar-refractivity contribution < 1.29 is 8.42 Å². The van der Waals surface area contributed by atoms with Gasteiger partial charge in [-0.25, -0.2) is 8.42 Å². The molecule has 0 atom stereocenters. The van der Waals surface area contributed by atoms with Crippen molar-refractivity contribution in [2.24, 2.45) is 5.73 Å². The van der Waals surface area contributed by atoms with Crippen LogP contribution < -0.4 is 5.73 Å².